The van der Waals surface area contributed by atoms with Gasteiger partial charge in [0.05, 0.1) is 17.1 Å². The Bertz CT molecular complexity index is 470. The number of halogens is 1. The van der Waals surface area contributed by atoms with Crippen molar-refractivity contribution in [3.63, 3.8) is 0 Å². The van der Waals surface area contributed by atoms with Crippen molar-refractivity contribution in [2.24, 2.45) is 0 Å². The van der Waals surface area contributed by atoms with Crippen LogP contribution in [0.4, 0.5) is 5.69 Å². The van der Waals surface area contributed by atoms with Crippen molar-refractivity contribution < 1.29 is 14.4 Å². The van der Waals surface area contributed by atoms with E-state index in [1.165, 1.54) is 6.07 Å². The van der Waals surface area contributed by atoms with Crippen molar-refractivity contribution in [3.05, 3.63) is 33.3 Å². The quantitative estimate of drug-likeness (QED) is 0.629. The molecule has 0 bridgehead atoms. The summed E-state index contributed by atoms with van der Waals surface area (Å²) in [5, 5.41) is 11.1. The van der Waals surface area contributed by atoms with Gasteiger partial charge in [0.1, 0.15) is 11.1 Å². The summed E-state index contributed by atoms with van der Waals surface area (Å²) in [4.78, 5) is 10.5. The Hall–Kier alpha value is -1.33. The molecule has 2 rings (SSSR count). The van der Waals surface area contributed by atoms with E-state index in [0.29, 0.717) is 12.8 Å². The van der Waals surface area contributed by atoms with Gasteiger partial charge in [-0.15, -0.1) is 0 Å². The van der Waals surface area contributed by atoms with Gasteiger partial charge in [-0.1, -0.05) is 17.7 Å². The van der Waals surface area contributed by atoms with Gasteiger partial charge in [0.2, 0.25) is 0 Å². The minimum absolute atomic E-state index is 0.0871. The number of ether oxygens (including phenoxy) is 2. The highest BCUT2D eigenvalue weighted by Gasteiger charge is 2.28. The zero-order chi connectivity index (χ0) is 14.0. The van der Waals surface area contributed by atoms with Crippen molar-refractivity contribution in [1.82, 2.24) is 0 Å². The highest BCUT2D eigenvalue weighted by Crippen LogP contribution is 2.36. The first-order valence-corrected chi connectivity index (χ1v) is 6.60. The molecule has 1 saturated heterocycles. The van der Waals surface area contributed by atoms with Gasteiger partial charge >= 0.3 is 5.69 Å². The van der Waals surface area contributed by atoms with Crippen LogP contribution in [0.1, 0.15) is 26.7 Å². The molecule has 19 heavy (non-hydrogen) atoms. The average molecular weight is 286 g/mol. The van der Waals surface area contributed by atoms with Crippen molar-refractivity contribution in [2.75, 3.05) is 0 Å². The molecule has 1 fully saturated rings. The van der Waals surface area contributed by atoms with Gasteiger partial charge in [-0.3, -0.25) is 10.1 Å². The average Bonchev–Trinajstić information content (AvgIpc) is 2.26. The number of hydrogen-bond donors (Lipinski definition) is 0. The predicted molar refractivity (Wildman–Crippen MR) is 71.8 cm³/mol. The van der Waals surface area contributed by atoms with Gasteiger partial charge in [-0.2, -0.15) is 0 Å². The van der Waals surface area contributed by atoms with Gasteiger partial charge in [0, 0.05) is 12.8 Å². The van der Waals surface area contributed by atoms with Crippen LogP contribution in [0.3, 0.4) is 0 Å². The van der Waals surface area contributed by atoms with Crippen molar-refractivity contribution in [2.45, 2.75) is 45.0 Å². The summed E-state index contributed by atoms with van der Waals surface area (Å²) in [7, 11) is 0. The molecule has 1 aliphatic rings. The topological polar surface area (TPSA) is 61.6 Å². The van der Waals surface area contributed by atoms with Crippen LogP contribution in [-0.2, 0) is 4.74 Å². The van der Waals surface area contributed by atoms with Crippen molar-refractivity contribution in [1.29, 1.82) is 0 Å². The van der Waals surface area contributed by atoms with E-state index in [0.717, 1.165) is 0 Å². The maximum absolute atomic E-state index is 11.0. The first-order valence-electron chi connectivity index (χ1n) is 6.22. The molecule has 5 nitrogen and oxygen atoms in total. The summed E-state index contributed by atoms with van der Waals surface area (Å²) in [5.41, 5.74) is -0.170. The Balaban J connectivity index is 2.19. The maximum Gasteiger partial charge on any atom is 0.329 e. The fraction of sp³-hybridized carbons (Fsp3) is 0.538. The van der Waals surface area contributed by atoms with E-state index >= 15 is 0 Å². The second-order valence-electron chi connectivity index (χ2n) is 4.81. The van der Waals surface area contributed by atoms with Crippen LogP contribution < -0.4 is 4.74 Å². The number of hydrogen-bond acceptors (Lipinski definition) is 4. The summed E-state index contributed by atoms with van der Waals surface area (Å²) in [5.74, 6) is 0.226. The smallest absolute Gasteiger partial charge is 0.329 e. The molecule has 1 heterocycles. The van der Waals surface area contributed by atoms with Crippen LogP contribution in [0.15, 0.2) is 18.2 Å². The van der Waals surface area contributed by atoms with E-state index in [4.69, 9.17) is 21.1 Å². The van der Waals surface area contributed by atoms with Crippen LogP contribution in [0.5, 0.6) is 5.75 Å². The molecule has 0 N–H and O–H groups in total. The van der Waals surface area contributed by atoms with Crippen LogP contribution in [-0.4, -0.2) is 23.2 Å². The Kier molecular flexibility index (Phi) is 4.27. The molecule has 0 saturated carbocycles. The summed E-state index contributed by atoms with van der Waals surface area (Å²) in [6.07, 6.45) is 1.53. The lowest BCUT2D eigenvalue weighted by atomic mass is 10.0. The largest absolute Gasteiger partial charge is 0.483 e. The third-order valence-corrected chi connectivity index (χ3v) is 3.39. The predicted octanol–water partition coefficient (Wildman–Crippen LogP) is 3.58. The number of benzene rings is 1. The normalized spacial score (nSPS) is 27.0. The number of nitrogens with zero attached hydrogens (tertiary/aromatic N) is 1. The second kappa shape index (κ2) is 5.75. The maximum atomic E-state index is 11.0. The summed E-state index contributed by atoms with van der Waals surface area (Å²) in [6.45, 7) is 3.94. The first kappa shape index (κ1) is 14.1. The fourth-order valence-corrected chi connectivity index (χ4v) is 2.62. The Labute approximate surface area is 116 Å². The van der Waals surface area contributed by atoms with Gasteiger partial charge < -0.3 is 9.47 Å². The lowest BCUT2D eigenvalue weighted by Gasteiger charge is -2.32. The second-order valence-corrected chi connectivity index (χ2v) is 5.22. The van der Waals surface area contributed by atoms with E-state index < -0.39 is 4.92 Å². The molecular weight excluding hydrogens is 270 g/mol. The van der Waals surface area contributed by atoms with Crippen LogP contribution in [0, 0.1) is 10.1 Å². The van der Waals surface area contributed by atoms with Crippen molar-refractivity contribution in [3.8, 4) is 5.75 Å². The summed E-state index contributed by atoms with van der Waals surface area (Å²) in [6, 6.07) is 4.72. The van der Waals surface area contributed by atoms with Crippen LogP contribution in [0.2, 0.25) is 5.02 Å². The highest BCUT2D eigenvalue weighted by molar-refractivity contribution is 6.32. The van der Waals surface area contributed by atoms with Gasteiger partial charge in [0.15, 0.2) is 5.75 Å². The molecule has 0 radical (unpaired) electrons. The minimum atomic E-state index is -0.510. The lowest BCUT2D eigenvalue weighted by Crippen LogP contribution is -2.35. The van der Waals surface area contributed by atoms with E-state index in [-0.39, 0.29) is 34.8 Å². The highest BCUT2D eigenvalue weighted by atomic mass is 35.5. The Morgan fingerprint density at radius 1 is 1.37 bits per heavy atom. The monoisotopic (exact) mass is 285 g/mol. The van der Waals surface area contributed by atoms with Crippen molar-refractivity contribution >= 4 is 17.3 Å². The molecule has 6 heteroatoms. The van der Waals surface area contributed by atoms with Crippen LogP contribution in [0.25, 0.3) is 0 Å². The van der Waals surface area contributed by atoms with Gasteiger partial charge in [-0.05, 0) is 26.0 Å². The zero-order valence-corrected chi connectivity index (χ0v) is 11.6. The molecule has 1 aromatic rings. The molecule has 1 aliphatic heterocycles. The number of nitro benzene ring substituents is 1. The minimum Gasteiger partial charge on any atom is -0.483 e. The van der Waals surface area contributed by atoms with Crippen LogP contribution >= 0.6 is 11.6 Å². The van der Waals surface area contributed by atoms with Gasteiger partial charge in [0.25, 0.3) is 0 Å². The van der Waals surface area contributed by atoms with E-state index in [1.807, 2.05) is 13.8 Å². The Morgan fingerprint density at radius 3 is 2.58 bits per heavy atom. The molecular formula is C13H16ClNO4. The molecule has 0 spiro atoms. The first-order chi connectivity index (χ1) is 8.97. The molecule has 0 amide bonds. The lowest BCUT2D eigenvalue weighted by molar-refractivity contribution is -0.386. The fourth-order valence-electron chi connectivity index (χ4n) is 2.39. The third-order valence-electron chi connectivity index (χ3n) is 3.08. The molecule has 1 aromatic carbocycles. The molecule has 2 atom stereocenters. The molecule has 104 valence electrons. The Morgan fingerprint density at radius 2 is 2.00 bits per heavy atom. The molecule has 0 aromatic heterocycles. The van der Waals surface area contributed by atoms with E-state index in [9.17, 15) is 10.1 Å². The van der Waals surface area contributed by atoms with E-state index in [1.54, 1.807) is 12.1 Å². The zero-order valence-electron chi connectivity index (χ0n) is 10.8. The number of rotatable bonds is 3. The van der Waals surface area contributed by atoms with E-state index in [2.05, 4.69) is 0 Å². The summed E-state index contributed by atoms with van der Waals surface area (Å²) >= 11 is 5.85. The third kappa shape index (κ3) is 3.36. The SMILES string of the molecule is CC1CC(Oc2cccc(Cl)c2[N+](=O)[O-])CC(C)O1. The number of nitro groups is 1. The standard InChI is InChI=1S/C13H16ClNO4/c1-8-6-10(7-9(2)18-8)19-12-5-3-4-11(14)13(12)15(16)17/h3-5,8-10H,6-7H2,1-2H3. The molecule has 0 aliphatic carbocycles. The number of para-hydroxylation sites is 1. The molecule has 2 unspecified atom stereocenters. The van der Waals surface area contributed by atoms with Gasteiger partial charge in [-0.25, -0.2) is 0 Å². The summed E-state index contributed by atoms with van der Waals surface area (Å²) < 4.78 is 11.4.